The second kappa shape index (κ2) is 34.1. The number of amides is 7. The summed E-state index contributed by atoms with van der Waals surface area (Å²) in [5, 5.41) is 24.6. The standard InChI is InChI=1S/C39H37N7O5.C31H31N7O4.C8H8O2/c47-35(21-26-9-3-1-4-10-26)45-19-7-13-32(45)36(48)43-34-18-16-29-22-28(15-17-31(29)42-34)30-23-40-38(41-24-30)44-37(49)33-14-8-20-46(33)39(50)51-25-27-11-5-2-6-12-27;39-28(25-8-4-14-32-25)36-27-13-11-22-16-21(10-12-24(22)35-27)23-17-33-30(34-18-23)37-29(40)26-9-5-15-38(26)31(41)42-19-20-6-2-1-3-7-20;9-8(10)6-7-4-2-1-3-5-7/h1-6,9-12,15-18,22-24,32-33H,7-8,13-14,19-21,25H2,(H,42,43,48)(H,40,41,44,49);1-3,6-7,10-13,16-18,25-26,32H,4-5,8-9,14-15,19H2,(H,35,36,39)(H,33,34,37,40);1-5H,6H2,(H,9,10)/t32-,33-;25-,26-;/m00./s1. The summed E-state index contributed by atoms with van der Waals surface area (Å²) in [6, 6.07) is 54.2. The van der Waals surface area contributed by atoms with Crippen molar-refractivity contribution in [3.63, 3.8) is 0 Å². The lowest BCUT2D eigenvalue weighted by atomic mass is 10.1. The molecule has 524 valence electrons. The maximum absolute atomic E-state index is 13.2. The van der Waals surface area contributed by atoms with Crippen molar-refractivity contribution in [1.29, 1.82) is 0 Å². The average Bonchev–Trinajstić information content (AvgIpc) is 1.47. The van der Waals surface area contributed by atoms with Gasteiger partial charge in [-0.05, 0) is 140 Å². The minimum Gasteiger partial charge on any atom is -0.481 e. The number of likely N-dealkylation sites (tertiary alicyclic amines) is 3. The fraction of sp³-hybridized carbons (Fsp3) is 0.256. The number of nitrogens with zero attached hydrogens (tertiary/aromatic N) is 9. The Hall–Kier alpha value is -12.4. The van der Waals surface area contributed by atoms with Crippen molar-refractivity contribution in [2.24, 2.45) is 0 Å². The number of hydrogen-bond donors (Lipinski definition) is 6. The van der Waals surface area contributed by atoms with Crippen molar-refractivity contribution in [2.75, 3.05) is 47.4 Å². The molecule has 25 heteroatoms. The van der Waals surface area contributed by atoms with Crippen molar-refractivity contribution >= 4 is 93.0 Å². The van der Waals surface area contributed by atoms with Crippen molar-refractivity contribution in [3.8, 4) is 22.3 Å². The van der Waals surface area contributed by atoms with Crippen LogP contribution in [0.25, 0.3) is 44.1 Å². The molecule has 4 aliphatic rings. The number of anilines is 4. The zero-order valence-electron chi connectivity index (χ0n) is 56.3. The van der Waals surface area contributed by atoms with E-state index in [0.29, 0.717) is 68.9 Å². The Balaban J connectivity index is 0.000000173. The van der Waals surface area contributed by atoms with E-state index in [1.165, 1.54) is 9.80 Å². The number of carboxylic acids is 1. The molecule has 25 nitrogen and oxygen atoms in total. The van der Waals surface area contributed by atoms with Crippen LogP contribution in [-0.4, -0.2) is 148 Å². The zero-order chi connectivity index (χ0) is 71.4. The molecule has 4 saturated heterocycles. The number of carboxylic acid groups (broad SMARTS) is 1. The van der Waals surface area contributed by atoms with E-state index in [9.17, 15) is 38.4 Å². The number of carbonyl (C=O) groups excluding carboxylic acids is 7. The SMILES string of the molecule is O=C(Nc1ccc2cc(-c3cnc(NC(=O)[C@@H]4CCCN4C(=O)OCc4ccccc4)nc3)ccc2n1)[C@@H]1CCCN1.O=C(Nc1ccc2cc(-c3cnc(NC(=O)[C@@H]4CCCN4C(=O)OCc4ccccc4)nc3)ccc2n1)[C@@H]1CCCN1C(=O)Cc1ccccc1.O=C(O)Cc1ccccc1. The summed E-state index contributed by atoms with van der Waals surface area (Å²) in [4.78, 5) is 131. The third kappa shape index (κ3) is 18.9. The van der Waals surface area contributed by atoms with Crippen LogP contribution in [0.3, 0.4) is 0 Å². The first-order valence-corrected chi connectivity index (χ1v) is 34.2. The van der Waals surface area contributed by atoms with E-state index in [0.717, 1.165) is 86.6 Å². The van der Waals surface area contributed by atoms with E-state index in [1.54, 1.807) is 54.0 Å². The molecule has 10 aromatic rings. The quantitative estimate of drug-likeness (QED) is 0.0465. The number of ether oxygens (including phenoxy) is 2. The Kier molecular flexibility index (Phi) is 23.3. The predicted octanol–water partition coefficient (Wildman–Crippen LogP) is 11.0. The summed E-state index contributed by atoms with van der Waals surface area (Å²) < 4.78 is 10.9. The maximum Gasteiger partial charge on any atom is 0.410 e. The van der Waals surface area contributed by atoms with Gasteiger partial charge in [0.25, 0.3) is 0 Å². The molecule has 6 aromatic carbocycles. The van der Waals surface area contributed by atoms with Gasteiger partial charge in [0.1, 0.15) is 43.0 Å². The number of benzene rings is 6. The third-order valence-electron chi connectivity index (χ3n) is 18.0. The lowest BCUT2D eigenvalue weighted by Gasteiger charge is -2.24. The molecule has 0 saturated carbocycles. The van der Waals surface area contributed by atoms with Crippen molar-refractivity contribution < 1.29 is 52.9 Å². The highest BCUT2D eigenvalue weighted by Crippen LogP contribution is 2.29. The zero-order valence-corrected chi connectivity index (χ0v) is 56.3. The lowest BCUT2D eigenvalue weighted by Crippen LogP contribution is -2.43. The van der Waals surface area contributed by atoms with Crippen molar-refractivity contribution in [2.45, 2.75) is 102 Å². The van der Waals surface area contributed by atoms with Crippen molar-refractivity contribution in [3.05, 3.63) is 229 Å². The first-order chi connectivity index (χ1) is 50.2. The Morgan fingerprint density at radius 2 is 0.816 bits per heavy atom. The molecule has 7 amide bonds. The summed E-state index contributed by atoms with van der Waals surface area (Å²) in [6.07, 6.45) is 11.5. The first-order valence-electron chi connectivity index (χ1n) is 34.2. The minimum absolute atomic E-state index is 0.0607. The van der Waals surface area contributed by atoms with Gasteiger partial charge in [-0.2, -0.15) is 0 Å². The fourth-order valence-electron chi connectivity index (χ4n) is 12.7. The van der Waals surface area contributed by atoms with Gasteiger partial charge in [0.15, 0.2) is 0 Å². The fourth-order valence-corrected chi connectivity index (χ4v) is 12.7. The van der Waals surface area contributed by atoms with Crippen LogP contribution in [0.15, 0.2) is 207 Å². The molecule has 0 radical (unpaired) electrons. The molecule has 8 heterocycles. The van der Waals surface area contributed by atoms with Crippen LogP contribution in [-0.2, 0) is 64.3 Å². The Morgan fingerprint density at radius 3 is 1.24 bits per heavy atom. The molecule has 4 aliphatic heterocycles. The number of pyridine rings is 2. The van der Waals surface area contributed by atoms with Crippen LogP contribution in [0.4, 0.5) is 33.1 Å². The second-order valence-electron chi connectivity index (χ2n) is 25.2. The van der Waals surface area contributed by atoms with Gasteiger partial charge in [0.05, 0.1) is 29.9 Å². The lowest BCUT2D eigenvalue weighted by molar-refractivity contribution is -0.136. The number of aliphatic carboxylic acids is 1. The molecule has 0 spiro atoms. The summed E-state index contributed by atoms with van der Waals surface area (Å²) in [7, 11) is 0. The molecule has 103 heavy (non-hydrogen) atoms. The second-order valence-corrected chi connectivity index (χ2v) is 25.2. The van der Waals surface area contributed by atoms with Gasteiger partial charge < -0.3 is 35.4 Å². The van der Waals surface area contributed by atoms with Gasteiger partial charge in [-0.25, -0.2) is 39.5 Å². The third-order valence-corrected chi connectivity index (χ3v) is 18.0. The van der Waals surface area contributed by atoms with Gasteiger partial charge in [0.2, 0.25) is 41.4 Å². The highest BCUT2D eigenvalue weighted by atomic mass is 16.6. The largest absolute Gasteiger partial charge is 0.481 e. The highest BCUT2D eigenvalue weighted by Gasteiger charge is 2.38. The number of fused-ring (bicyclic) bond motifs is 2. The van der Waals surface area contributed by atoms with Gasteiger partial charge in [-0.3, -0.25) is 49.2 Å². The highest BCUT2D eigenvalue weighted by molar-refractivity contribution is 6.00. The van der Waals surface area contributed by atoms with E-state index in [-0.39, 0.29) is 73.5 Å². The predicted molar refractivity (Wildman–Crippen MR) is 386 cm³/mol. The summed E-state index contributed by atoms with van der Waals surface area (Å²) in [5.74, 6) is -0.642. The van der Waals surface area contributed by atoms with Crippen LogP contribution in [0, 0.1) is 0 Å². The minimum atomic E-state index is -0.786. The molecule has 0 unspecified atom stereocenters. The van der Waals surface area contributed by atoms with Crippen LogP contribution in [0.1, 0.15) is 73.6 Å². The summed E-state index contributed by atoms with van der Waals surface area (Å²) >= 11 is 0. The van der Waals surface area contributed by atoms with Crippen LogP contribution >= 0.6 is 0 Å². The average molecular weight is 1390 g/mol. The van der Waals surface area contributed by atoms with E-state index in [1.807, 2.05) is 158 Å². The van der Waals surface area contributed by atoms with Gasteiger partial charge in [-0.1, -0.05) is 133 Å². The Bertz CT molecular complexity index is 4640. The summed E-state index contributed by atoms with van der Waals surface area (Å²) in [6.45, 7) is 2.58. The number of nitrogens with one attached hydrogen (secondary N) is 5. The van der Waals surface area contributed by atoms with E-state index < -0.39 is 36.3 Å². The summed E-state index contributed by atoms with van der Waals surface area (Å²) in [5.41, 5.74) is 8.20. The molecule has 0 bridgehead atoms. The molecular formula is C78H76N14O11. The van der Waals surface area contributed by atoms with E-state index >= 15 is 0 Å². The molecule has 14 rings (SSSR count). The maximum atomic E-state index is 13.2. The monoisotopic (exact) mass is 1380 g/mol. The molecule has 6 N–H and O–H groups in total. The van der Waals surface area contributed by atoms with Gasteiger partial charge in [0, 0.05) is 66.3 Å². The van der Waals surface area contributed by atoms with Crippen LogP contribution in [0.5, 0.6) is 0 Å². The molecular weight excluding hydrogens is 1310 g/mol. The topological polar surface area (TPSA) is 322 Å². The number of hydrogen-bond acceptors (Lipinski definition) is 17. The smallest absolute Gasteiger partial charge is 0.410 e. The van der Waals surface area contributed by atoms with Gasteiger partial charge >= 0.3 is 18.2 Å². The normalized spacial score (nSPS) is 16.7. The molecule has 4 fully saturated rings. The molecule has 0 aliphatic carbocycles. The Labute approximate surface area is 593 Å². The van der Waals surface area contributed by atoms with Crippen molar-refractivity contribution in [1.82, 2.24) is 49.9 Å². The van der Waals surface area contributed by atoms with E-state index in [2.05, 4.69) is 56.5 Å². The van der Waals surface area contributed by atoms with Gasteiger partial charge in [-0.15, -0.1) is 0 Å². The number of carbonyl (C=O) groups is 8. The number of rotatable bonds is 18. The van der Waals surface area contributed by atoms with Crippen LogP contribution < -0.4 is 26.6 Å². The molecule has 4 aromatic heterocycles. The van der Waals surface area contributed by atoms with Crippen LogP contribution in [0.2, 0.25) is 0 Å². The number of aromatic nitrogens is 6. The first kappa shape index (κ1) is 70.5. The van der Waals surface area contributed by atoms with E-state index in [4.69, 9.17) is 14.6 Å². The Morgan fingerprint density at radius 1 is 0.417 bits per heavy atom. The molecule has 4 atom stereocenters.